The highest BCUT2D eigenvalue weighted by Crippen LogP contribution is 2.40. The van der Waals surface area contributed by atoms with Crippen molar-refractivity contribution in [1.29, 1.82) is 5.26 Å². The first kappa shape index (κ1) is 14.6. The molecule has 1 aromatic heterocycles. The zero-order valence-corrected chi connectivity index (χ0v) is 8.61. The minimum absolute atomic E-state index is 0.255. The molecule has 0 aliphatic heterocycles. The van der Waals surface area contributed by atoms with Crippen LogP contribution in [0.3, 0.4) is 0 Å². The van der Waals surface area contributed by atoms with Crippen molar-refractivity contribution in [2.24, 2.45) is 0 Å². The molecule has 0 aromatic carbocycles. The van der Waals surface area contributed by atoms with Crippen LogP contribution in [0.4, 0.5) is 27.6 Å². The van der Waals surface area contributed by atoms with E-state index in [-0.39, 0.29) is 6.20 Å². The van der Waals surface area contributed by atoms with Crippen LogP contribution in [0.15, 0.2) is 6.20 Å². The Bertz CT molecular complexity index is 552. The van der Waals surface area contributed by atoms with Gasteiger partial charge in [-0.15, -0.1) is 13.2 Å². The summed E-state index contributed by atoms with van der Waals surface area (Å²) in [6.07, 6.45) is -8.58. The van der Waals surface area contributed by atoms with Crippen LogP contribution in [-0.4, -0.2) is 16.3 Å². The van der Waals surface area contributed by atoms with Crippen molar-refractivity contribution in [3.8, 4) is 11.8 Å². The number of nitrogens with zero attached hydrogens (tertiary/aromatic N) is 3. The number of alkyl halides is 5. The zero-order chi connectivity index (χ0) is 14.8. The summed E-state index contributed by atoms with van der Waals surface area (Å²) in [6.45, 7) is 0. The largest absolute Gasteiger partial charge is 0.573 e. The topological polar surface area (TPSA) is 89.0 Å². The third-order valence-corrected chi connectivity index (χ3v) is 1.78. The second kappa shape index (κ2) is 5.01. The summed E-state index contributed by atoms with van der Waals surface area (Å²) in [6, 6.07) is 1.09. The lowest BCUT2D eigenvalue weighted by Gasteiger charge is -2.11. The van der Waals surface area contributed by atoms with E-state index in [1.165, 1.54) is 0 Å². The molecule has 102 valence electrons. The molecular weight excluding hydrogens is 281 g/mol. The van der Waals surface area contributed by atoms with E-state index in [2.05, 4.69) is 9.72 Å². The first-order chi connectivity index (χ1) is 8.67. The van der Waals surface area contributed by atoms with E-state index in [1.54, 1.807) is 0 Å². The molecule has 0 fully saturated rings. The average Bonchev–Trinajstić information content (AvgIpc) is 2.25. The molecule has 1 rings (SSSR count). The van der Waals surface area contributed by atoms with Crippen molar-refractivity contribution < 1.29 is 31.6 Å². The van der Waals surface area contributed by atoms with Crippen LogP contribution in [0.2, 0.25) is 0 Å². The number of hydrogen-bond donors (Lipinski definition) is 0. The molecule has 0 saturated carbocycles. The summed E-state index contributed by atoms with van der Waals surface area (Å²) in [5.74, 6) is -1.65. The van der Waals surface area contributed by atoms with Gasteiger partial charge in [-0.25, -0.2) is 13.8 Å². The van der Waals surface area contributed by atoms with Crippen LogP contribution in [0.1, 0.15) is 17.7 Å². The van der Waals surface area contributed by atoms with E-state index in [4.69, 9.17) is 5.26 Å². The Hall–Kier alpha value is -2.51. The standard InChI is InChI=1S/C8H2F5N3O3/c9-7(10)3-2-15-4(1-14)6(5(3)16(17)18)19-8(11,12)13/h2,7H. The van der Waals surface area contributed by atoms with Gasteiger partial charge in [0.25, 0.3) is 6.43 Å². The fourth-order valence-electron chi connectivity index (χ4n) is 1.14. The van der Waals surface area contributed by atoms with Crippen molar-refractivity contribution in [2.75, 3.05) is 0 Å². The van der Waals surface area contributed by atoms with Gasteiger partial charge in [0, 0.05) is 6.20 Å². The second-order valence-electron chi connectivity index (χ2n) is 2.96. The minimum atomic E-state index is -5.39. The first-order valence-corrected chi connectivity index (χ1v) is 4.28. The van der Waals surface area contributed by atoms with Crippen LogP contribution in [0.5, 0.6) is 5.75 Å². The molecule has 0 unspecified atom stereocenters. The van der Waals surface area contributed by atoms with Crippen molar-refractivity contribution in [3.63, 3.8) is 0 Å². The van der Waals surface area contributed by atoms with Gasteiger partial charge >= 0.3 is 12.0 Å². The highest BCUT2D eigenvalue weighted by molar-refractivity contribution is 5.58. The molecule has 0 amide bonds. The predicted octanol–water partition coefficient (Wildman–Crippen LogP) is 2.70. The Balaban J connectivity index is 3.59. The molecule has 0 aliphatic carbocycles. The Morgan fingerprint density at radius 2 is 2.05 bits per heavy atom. The number of aromatic nitrogens is 1. The second-order valence-corrected chi connectivity index (χ2v) is 2.96. The number of rotatable bonds is 3. The molecule has 0 saturated heterocycles. The maximum atomic E-state index is 12.5. The molecule has 0 N–H and O–H groups in total. The van der Waals surface area contributed by atoms with Gasteiger partial charge in [0.1, 0.15) is 11.6 Å². The molecule has 0 atom stereocenters. The molecule has 0 aliphatic rings. The van der Waals surface area contributed by atoms with Gasteiger partial charge < -0.3 is 4.74 Å². The third kappa shape index (κ3) is 3.24. The predicted molar refractivity (Wildman–Crippen MR) is 47.2 cm³/mol. The average molecular weight is 283 g/mol. The molecule has 6 nitrogen and oxygen atoms in total. The van der Waals surface area contributed by atoms with Crippen molar-refractivity contribution in [3.05, 3.63) is 27.6 Å². The van der Waals surface area contributed by atoms with E-state index in [0.29, 0.717) is 0 Å². The molecule has 0 bridgehead atoms. The summed E-state index contributed by atoms with van der Waals surface area (Å²) in [5.41, 5.74) is -4.13. The van der Waals surface area contributed by atoms with Gasteiger partial charge in [0.05, 0.1) is 4.92 Å². The number of pyridine rings is 1. The Morgan fingerprint density at radius 3 is 2.42 bits per heavy atom. The van der Waals surface area contributed by atoms with Crippen LogP contribution < -0.4 is 4.74 Å². The summed E-state index contributed by atoms with van der Waals surface area (Å²) in [7, 11) is 0. The maximum absolute atomic E-state index is 12.5. The summed E-state index contributed by atoms with van der Waals surface area (Å²) < 4.78 is 64.4. The van der Waals surface area contributed by atoms with Crippen molar-refractivity contribution in [2.45, 2.75) is 12.8 Å². The van der Waals surface area contributed by atoms with Crippen molar-refractivity contribution in [1.82, 2.24) is 4.98 Å². The molecule has 0 spiro atoms. The smallest absolute Gasteiger partial charge is 0.395 e. The van der Waals surface area contributed by atoms with E-state index >= 15 is 0 Å². The van der Waals surface area contributed by atoms with Crippen molar-refractivity contribution >= 4 is 5.69 Å². The number of halogens is 5. The van der Waals surface area contributed by atoms with Gasteiger partial charge in [-0.3, -0.25) is 10.1 Å². The Labute approximate surface area is 101 Å². The minimum Gasteiger partial charge on any atom is -0.395 e. The normalized spacial score (nSPS) is 11.2. The van der Waals surface area contributed by atoms with E-state index < -0.39 is 40.4 Å². The molecule has 11 heteroatoms. The Morgan fingerprint density at radius 1 is 1.47 bits per heavy atom. The van der Waals surface area contributed by atoms with Gasteiger partial charge in [0.2, 0.25) is 5.75 Å². The van der Waals surface area contributed by atoms with Crippen LogP contribution in [0, 0.1) is 21.4 Å². The number of hydrogen-bond acceptors (Lipinski definition) is 5. The lowest BCUT2D eigenvalue weighted by Crippen LogP contribution is -2.19. The number of nitro groups is 1. The zero-order valence-electron chi connectivity index (χ0n) is 8.61. The lowest BCUT2D eigenvalue weighted by molar-refractivity contribution is -0.390. The monoisotopic (exact) mass is 283 g/mol. The van der Waals surface area contributed by atoms with E-state index in [9.17, 15) is 32.1 Å². The molecular formula is C8H2F5N3O3. The highest BCUT2D eigenvalue weighted by atomic mass is 19.4. The lowest BCUT2D eigenvalue weighted by atomic mass is 10.2. The maximum Gasteiger partial charge on any atom is 0.573 e. The molecule has 0 radical (unpaired) electrons. The third-order valence-electron chi connectivity index (χ3n) is 1.78. The van der Waals surface area contributed by atoms with Gasteiger partial charge in [0.15, 0.2) is 5.69 Å². The van der Waals surface area contributed by atoms with Gasteiger partial charge in [-0.2, -0.15) is 5.26 Å². The van der Waals surface area contributed by atoms with Gasteiger partial charge in [-0.1, -0.05) is 0 Å². The first-order valence-electron chi connectivity index (χ1n) is 4.28. The van der Waals surface area contributed by atoms with E-state index in [1.807, 2.05) is 0 Å². The fraction of sp³-hybridized carbons (Fsp3) is 0.250. The molecule has 1 aromatic rings. The van der Waals surface area contributed by atoms with Crippen LogP contribution in [-0.2, 0) is 0 Å². The number of nitriles is 1. The molecule has 19 heavy (non-hydrogen) atoms. The summed E-state index contributed by atoms with van der Waals surface area (Å²) in [5, 5.41) is 19.1. The van der Waals surface area contributed by atoms with Crippen LogP contribution in [0.25, 0.3) is 0 Å². The summed E-state index contributed by atoms with van der Waals surface area (Å²) >= 11 is 0. The Kier molecular flexibility index (Phi) is 3.83. The van der Waals surface area contributed by atoms with Crippen LogP contribution >= 0.6 is 0 Å². The fourth-order valence-corrected chi connectivity index (χ4v) is 1.14. The SMILES string of the molecule is N#Cc1ncc(C(F)F)c([N+](=O)[O-])c1OC(F)(F)F. The van der Waals surface area contributed by atoms with Gasteiger partial charge in [-0.05, 0) is 0 Å². The quantitative estimate of drug-likeness (QED) is 0.483. The molecule has 1 heterocycles. The number of ether oxygens (including phenoxy) is 1. The van der Waals surface area contributed by atoms with E-state index in [0.717, 1.165) is 6.07 Å². The highest BCUT2D eigenvalue weighted by Gasteiger charge is 2.39. The summed E-state index contributed by atoms with van der Waals surface area (Å²) in [4.78, 5) is 12.1.